The first kappa shape index (κ1) is 23.8. The molecule has 1 fully saturated rings. The fourth-order valence-corrected chi connectivity index (χ4v) is 4.68. The lowest BCUT2D eigenvalue weighted by Gasteiger charge is -2.44. The van der Waals surface area contributed by atoms with Gasteiger partial charge in [0, 0.05) is 6.92 Å². The van der Waals surface area contributed by atoms with Crippen molar-refractivity contribution >= 4 is 17.7 Å². The van der Waals surface area contributed by atoms with Crippen molar-refractivity contribution in [1.29, 1.82) is 0 Å². The largest absolute Gasteiger partial charge is 0.457 e. The van der Waals surface area contributed by atoms with Crippen molar-refractivity contribution in [3.63, 3.8) is 0 Å². The highest BCUT2D eigenvalue weighted by Crippen LogP contribution is 2.33. The summed E-state index contributed by atoms with van der Waals surface area (Å²) in [5, 5.41) is -0.163. The Kier molecular flexibility index (Phi) is 9.36. The lowest BCUT2D eigenvalue weighted by atomic mass is 9.99. The standard InChI is InChI=1S/C24H31NO5S/c1-3-31-23-22(28-15-19-12-8-5-9-13-19)21(29-17(2)26)20(30-24(23)25)16-27-14-18-10-6-4-7-11-18/h4-13,20-24H,3,14-16,25H2,1-2H3/t20?,21-,22?,23?,24-/m1/s1. The molecular weight excluding hydrogens is 414 g/mol. The van der Waals surface area contributed by atoms with E-state index in [0.29, 0.717) is 13.2 Å². The molecule has 5 atom stereocenters. The van der Waals surface area contributed by atoms with Crippen LogP contribution >= 0.6 is 11.8 Å². The zero-order chi connectivity index (χ0) is 22.1. The number of ether oxygens (including phenoxy) is 4. The summed E-state index contributed by atoms with van der Waals surface area (Å²) in [4.78, 5) is 11.9. The van der Waals surface area contributed by atoms with Crippen LogP contribution in [0.15, 0.2) is 60.7 Å². The molecule has 7 heteroatoms. The normalized spacial score (nSPS) is 25.8. The second kappa shape index (κ2) is 12.2. The molecule has 3 unspecified atom stereocenters. The monoisotopic (exact) mass is 445 g/mol. The highest BCUT2D eigenvalue weighted by atomic mass is 32.2. The molecule has 0 aliphatic carbocycles. The van der Waals surface area contributed by atoms with Gasteiger partial charge in [-0.2, -0.15) is 11.8 Å². The van der Waals surface area contributed by atoms with E-state index < -0.39 is 24.5 Å². The van der Waals surface area contributed by atoms with Gasteiger partial charge < -0.3 is 24.7 Å². The van der Waals surface area contributed by atoms with Crippen LogP contribution in [0.3, 0.4) is 0 Å². The van der Waals surface area contributed by atoms with Crippen molar-refractivity contribution in [2.45, 2.75) is 56.9 Å². The number of nitrogens with two attached hydrogens (primary N) is 1. The summed E-state index contributed by atoms with van der Waals surface area (Å²) in [5.74, 6) is 0.459. The fraction of sp³-hybridized carbons (Fsp3) is 0.458. The Morgan fingerprint density at radius 3 is 2.19 bits per heavy atom. The second-order valence-corrected chi connectivity index (χ2v) is 8.85. The van der Waals surface area contributed by atoms with E-state index >= 15 is 0 Å². The average molecular weight is 446 g/mol. The molecule has 168 valence electrons. The summed E-state index contributed by atoms with van der Waals surface area (Å²) in [6.07, 6.45) is -2.09. The first-order valence-electron chi connectivity index (χ1n) is 10.6. The lowest BCUT2D eigenvalue weighted by Crippen LogP contribution is -2.62. The average Bonchev–Trinajstić information content (AvgIpc) is 2.77. The van der Waals surface area contributed by atoms with Gasteiger partial charge in [0.1, 0.15) is 18.4 Å². The van der Waals surface area contributed by atoms with Crippen molar-refractivity contribution in [3.8, 4) is 0 Å². The van der Waals surface area contributed by atoms with Crippen LogP contribution in [0, 0.1) is 0 Å². The molecule has 0 saturated carbocycles. The van der Waals surface area contributed by atoms with E-state index in [0.717, 1.165) is 16.9 Å². The zero-order valence-corrected chi connectivity index (χ0v) is 18.8. The molecule has 6 nitrogen and oxygen atoms in total. The van der Waals surface area contributed by atoms with E-state index in [-0.39, 0.29) is 17.8 Å². The molecule has 2 aromatic rings. The maximum Gasteiger partial charge on any atom is 0.303 e. The molecule has 0 bridgehead atoms. The van der Waals surface area contributed by atoms with E-state index in [1.54, 1.807) is 11.8 Å². The van der Waals surface area contributed by atoms with Gasteiger partial charge in [-0.15, -0.1) is 0 Å². The molecule has 2 N–H and O–H groups in total. The van der Waals surface area contributed by atoms with Crippen molar-refractivity contribution in [2.24, 2.45) is 5.73 Å². The highest BCUT2D eigenvalue weighted by Gasteiger charge is 2.47. The number of carbonyl (C=O) groups is 1. The van der Waals surface area contributed by atoms with Crippen molar-refractivity contribution in [2.75, 3.05) is 12.4 Å². The maximum atomic E-state index is 11.9. The Labute approximate surface area is 188 Å². The van der Waals surface area contributed by atoms with Crippen LogP contribution in [0.1, 0.15) is 25.0 Å². The smallest absolute Gasteiger partial charge is 0.303 e. The van der Waals surface area contributed by atoms with E-state index in [9.17, 15) is 4.79 Å². The number of benzene rings is 2. The van der Waals surface area contributed by atoms with Crippen LogP contribution in [0.25, 0.3) is 0 Å². The molecule has 2 aromatic carbocycles. The van der Waals surface area contributed by atoms with Crippen LogP contribution in [-0.2, 0) is 37.0 Å². The van der Waals surface area contributed by atoms with Gasteiger partial charge in [-0.25, -0.2) is 0 Å². The van der Waals surface area contributed by atoms with Gasteiger partial charge in [0.05, 0.1) is 25.1 Å². The highest BCUT2D eigenvalue weighted by molar-refractivity contribution is 8.00. The minimum atomic E-state index is -0.610. The quantitative estimate of drug-likeness (QED) is 0.561. The molecule has 3 rings (SSSR count). The lowest BCUT2D eigenvalue weighted by molar-refractivity contribution is -0.213. The Balaban J connectivity index is 1.73. The third-order valence-corrected chi connectivity index (χ3v) is 6.26. The van der Waals surface area contributed by atoms with Gasteiger partial charge in [0.15, 0.2) is 6.10 Å². The van der Waals surface area contributed by atoms with E-state index in [1.165, 1.54) is 6.92 Å². The molecule has 1 saturated heterocycles. The van der Waals surface area contributed by atoms with Crippen LogP contribution in [0.4, 0.5) is 0 Å². The first-order valence-corrected chi connectivity index (χ1v) is 11.6. The summed E-state index contributed by atoms with van der Waals surface area (Å²) < 4.78 is 23.9. The number of thioether (sulfide) groups is 1. The SMILES string of the molecule is CCSC1C(OCc2ccccc2)[C@H](OC(C)=O)C(COCc2ccccc2)O[C@H]1N. The number of esters is 1. The second-order valence-electron chi connectivity index (χ2n) is 7.40. The zero-order valence-electron chi connectivity index (χ0n) is 18.0. The Bertz CT molecular complexity index is 791. The molecular formula is C24H31NO5S. The molecule has 1 aliphatic rings. The number of hydrogen-bond donors (Lipinski definition) is 1. The van der Waals surface area contributed by atoms with Gasteiger partial charge >= 0.3 is 5.97 Å². The van der Waals surface area contributed by atoms with Gasteiger partial charge in [-0.1, -0.05) is 67.6 Å². The predicted molar refractivity (Wildman–Crippen MR) is 121 cm³/mol. The molecule has 31 heavy (non-hydrogen) atoms. The Morgan fingerprint density at radius 1 is 1.00 bits per heavy atom. The maximum absolute atomic E-state index is 11.9. The molecule has 0 aromatic heterocycles. The van der Waals surface area contributed by atoms with Gasteiger partial charge in [-0.05, 0) is 16.9 Å². The van der Waals surface area contributed by atoms with E-state index in [4.69, 9.17) is 24.7 Å². The van der Waals surface area contributed by atoms with Crippen molar-refractivity contribution in [3.05, 3.63) is 71.8 Å². The number of rotatable bonds is 10. The summed E-state index contributed by atoms with van der Waals surface area (Å²) in [6.45, 7) is 4.53. The summed E-state index contributed by atoms with van der Waals surface area (Å²) in [7, 11) is 0. The first-order chi connectivity index (χ1) is 15.1. The molecule has 0 radical (unpaired) electrons. The Hall–Kier alpha value is -1.90. The molecule has 1 heterocycles. The van der Waals surface area contributed by atoms with Gasteiger partial charge in [0.2, 0.25) is 0 Å². The fourth-order valence-electron chi connectivity index (χ4n) is 3.62. The van der Waals surface area contributed by atoms with Crippen molar-refractivity contribution in [1.82, 2.24) is 0 Å². The third kappa shape index (κ3) is 7.05. The molecule has 0 spiro atoms. The number of carbonyl (C=O) groups excluding carboxylic acids is 1. The van der Waals surface area contributed by atoms with E-state index in [2.05, 4.69) is 6.92 Å². The minimum absolute atomic E-state index is 0.163. The molecule has 0 amide bonds. The molecule has 1 aliphatic heterocycles. The van der Waals surface area contributed by atoms with Crippen LogP contribution in [0.2, 0.25) is 0 Å². The number of hydrogen-bond acceptors (Lipinski definition) is 7. The summed E-state index contributed by atoms with van der Waals surface area (Å²) in [6, 6.07) is 19.8. The third-order valence-electron chi connectivity index (χ3n) is 5.01. The van der Waals surface area contributed by atoms with Crippen LogP contribution in [0.5, 0.6) is 0 Å². The summed E-state index contributed by atoms with van der Waals surface area (Å²) >= 11 is 1.65. The topological polar surface area (TPSA) is 80.0 Å². The van der Waals surface area contributed by atoms with Crippen LogP contribution < -0.4 is 5.73 Å². The summed E-state index contributed by atoms with van der Waals surface area (Å²) in [5.41, 5.74) is 8.47. The van der Waals surface area contributed by atoms with Crippen molar-refractivity contribution < 1.29 is 23.7 Å². The predicted octanol–water partition coefficient (Wildman–Crippen LogP) is 3.53. The van der Waals surface area contributed by atoms with Gasteiger partial charge in [0.25, 0.3) is 0 Å². The minimum Gasteiger partial charge on any atom is -0.457 e. The van der Waals surface area contributed by atoms with Crippen LogP contribution in [-0.4, -0.2) is 48.1 Å². The van der Waals surface area contributed by atoms with Gasteiger partial charge in [-0.3, -0.25) is 4.79 Å². The van der Waals surface area contributed by atoms with E-state index in [1.807, 2.05) is 60.7 Å². The Morgan fingerprint density at radius 2 is 1.61 bits per heavy atom.